The molecule has 0 aromatic heterocycles. The zero-order valence-corrected chi connectivity index (χ0v) is 17.6. The van der Waals surface area contributed by atoms with Crippen molar-refractivity contribution in [2.24, 2.45) is 10.9 Å². The van der Waals surface area contributed by atoms with Crippen LogP contribution in [0.1, 0.15) is 44.6 Å². The van der Waals surface area contributed by atoms with Crippen molar-refractivity contribution in [3.05, 3.63) is 29.8 Å². The van der Waals surface area contributed by atoms with Gasteiger partial charge in [-0.05, 0) is 62.6 Å². The first-order valence-electron chi connectivity index (χ1n) is 11.0. The molecule has 2 amide bonds. The Hall–Kier alpha value is -2.28. The van der Waals surface area contributed by atoms with Gasteiger partial charge in [0, 0.05) is 45.1 Å². The van der Waals surface area contributed by atoms with E-state index in [-0.39, 0.29) is 6.03 Å². The highest BCUT2D eigenvalue weighted by Crippen LogP contribution is 2.28. The van der Waals surface area contributed by atoms with Gasteiger partial charge in [-0.15, -0.1) is 0 Å². The Balaban J connectivity index is 1.43. The number of aliphatic imine (C=N–C) groups is 1. The lowest BCUT2D eigenvalue weighted by molar-refractivity contribution is 0.123. The first-order chi connectivity index (χ1) is 14.2. The van der Waals surface area contributed by atoms with Gasteiger partial charge in [0.25, 0.3) is 0 Å². The molecule has 1 heterocycles. The van der Waals surface area contributed by atoms with Crippen LogP contribution in [0.3, 0.4) is 0 Å². The molecule has 1 aromatic rings. The lowest BCUT2D eigenvalue weighted by atomic mass is 10.2. The molecule has 160 valence electrons. The molecule has 7 heteroatoms. The van der Waals surface area contributed by atoms with Gasteiger partial charge < -0.3 is 25.6 Å². The fourth-order valence-electron chi connectivity index (χ4n) is 3.30. The molecule has 7 nitrogen and oxygen atoms in total. The Kier molecular flexibility index (Phi) is 8.61. The molecule has 29 heavy (non-hydrogen) atoms. The van der Waals surface area contributed by atoms with Gasteiger partial charge in [0.1, 0.15) is 0 Å². The van der Waals surface area contributed by atoms with Crippen molar-refractivity contribution < 1.29 is 9.53 Å². The van der Waals surface area contributed by atoms with Crippen molar-refractivity contribution in [2.45, 2.75) is 45.6 Å². The fourth-order valence-corrected chi connectivity index (χ4v) is 3.30. The number of amides is 2. The molecule has 2 fully saturated rings. The molecule has 1 aliphatic carbocycles. The Morgan fingerprint density at radius 3 is 2.83 bits per heavy atom. The summed E-state index contributed by atoms with van der Waals surface area (Å²) >= 11 is 0. The van der Waals surface area contributed by atoms with Crippen LogP contribution in [0.4, 0.5) is 10.5 Å². The predicted molar refractivity (Wildman–Crippen MR) is 117 cm³/mol. The van der Waals surface area contributed by atoms with E-state index in [0.717, 1.165) is 81.8 Å². The third-order valence-electron chi connectivity index (χ3n) is 5.14. The summed E-state index contributed by atoms with van der Waals surface area (Å²) in [6, 6.07) is 7.90. The number of nitrogens with one attached hydrogen (secondary N) is 3. The number of urea groups is 1. The molecular formula is C22H35N5O2. The van der Waals surface area contributed by atoms with Crippen LogP contribution in [-0.2, 0) is 11.3 Å². The van der Waals surface area contributed by atoms with Gasteiger partial charge in [-0.2, -0.15) is 0 Å². The van der Waals surface area contributed by atoms with Gasteiger partial charge in [-0.1, -0.05) is 12.1 Å². The van der Waals surface area contributed by atoms with Gasteiger partial charge >= 0.3 is 6.03 Å². The molecule has 2 aliphatic rings. The maximum absolute atomic E-state index is 12.3. The summed E-state index contributed by atoms with van der Waals surface area (Å²) in [6.07, 6.45) is 5.82. The van der Waals surface area contributed by atoms with E-state index in [9.17, 15) is 4.79 Å². The monoisotopic (exact) mass is 401 g/mol. The maximum Gasteiger partial charge on any atom is 0.321 e. The van der Waals surface area contributed by atoms with Gasteiger partial charge in [-0.3, -0.25) is 0 Å². The molecule has 1 aromatic carbocycles. The Morgan fingerprint density at radius 1 is 1.24 bits per heavy atom. The summed E-state index contributed by atoms with van der Waals surface area (Å²) in [5, 5.41) is 9.64. The van der Waals surface area contributed by atoms with Crippen molar-refractivity contribution in [3.8, 4) is 0 Å². The second kappa shape index (κ2) is 11.7. The van der Waals surface area contributed by atoms with Crippen molar-refractivity contribution >= 4 is 17.7 Å². The molecule has 0 atom stereocenters. The van der Waals surface area contributed by atoms with Crippen molar-refractivity contribution in [1.29, 1.82) is 0 Å². The number of carbonyl (C=O) groups excluding carboxylic acids is 1. The molecule has 0 spiro atoms. The summed E-state index contributed by atoms with van der Waals surface area (Å²) < 4.78 is 5.67. The quantitative estimate of drug-likeness (QED) is 0.320. The van der Waals surface area contributed by atoms with Gasteiger partial charge in [-0.25, -0.2) is 9.79 Å². The number of carbonyl (C=O) groups is 1. The number of likely N-dealkylation sites (tertiary alicyclic amines) is 1. The minimum Gasteiger partial charge on any atom is -0.381 e. The van der Waals surface area contributed by atoms with E-state index in [1.165, 1.54) is 12.8 Å². The van der Waals surface area contributed by atoms with E-state index in [2.05, 4.69) is 27.9 Å². The van der Waals surface area contributed by atoms with Crippen LogP contribution in [-0.4, -0.2) is 56.3 Å². The van der Waals surface area contributed by atoms with Crippen LogP contribution < -0.4 is 16.0 Å². The second-order valence-electron chi connectivity index (χ2n) is 7.82. The minimum absolute atomic E-state index is 0.0120. The highest BCUT2D eigenvalue weighted by atomic mass is 16.5. The first-order valence-corrected chi connectivity index (χ1v) is 11.0. The summed E-state index contributed by atoms with van der Waals surface area (Å²) in [5.74, 6) is 1.62. The van der Waals surface area contributed by atoms with E-state index in [0.29, 0.717) is 6.54 Å². The largest absolute Gasteiger partial charge is 0.381 e. The van der Waals surface area contributed by atoms with Crippen molar-refractivity contribution in [3.63, 3.8) is 0 Å². The van der Waals surface area contributed by atoms with E-state index in [4.69, 9.17) is 4.74 Å². The fraction of sp³-hybridized carbons (Fsp3) is 0.636. The lowest BCUT2D eigenvalue weighted by Gasteiger charge is -2.16. The van der Waals surface area contributed by atoms with Gasteiger partial charge in [0.05, 0.1) is 6.54 Å². The Labute approximate surface area is 174 Å². The van der Waals surface area contributed by atoms with E-state index in [1.807, 2.05) is 29.2 Å². The predicted octanol–water partition coefficient (Wildman–Crippen LogP) is 3.19. The molecule has 1 saturated carbocycles. The standard InChI is InChI=1S/C22H35N5O2/c1-2-23-21(24-11-6-14-29-17-18-9-10-18)25-16-19-7-5-8-20(15-19)26-22(28)27-12-3-4-13-27/h5,7-8,15,18H,2-4,6,9-14,16-17H2,1H3,(H,26,28)(H2,23,24,25). The molecule has 0 bridgehead atoms. The molecule has 1 aliphatic heterocycles. The van der Waals surface area contributed by atoms with Crippen LogP contribution in [0.5, 0.6) is 0 Å². The number of hydrogen-bond donors (Lipinski definition) is 3. The SMILES string of the molecule is CCNC(=NCc1cccc(NC(=O)N2CCCC2)c1)NCCCOCC1CC1. The molecule has 0 radical (unpaired) electrons. The van der Waals surface area contributed by atoms with Crippen LogP contribution in [0.25, 0.3) is 0 Å². The highest BCUT2D eigenvalue weighted by molar-refractivity contribution is 5.89. The molecular weight excluding hydrogens is 366 g/mol. The third kappa shape index (κ3) is 7.93. The summed E-state index contributed by atoms with van der Waals surface area (Å²) in [5.41, 5.74) is 1.88. The summed E-state index contributed by atoms with van der Waals surface area (Å²) in [4.78, 5) is 18.8. The second-order valence-corrected chi connectivity index (χ2v) is 7.82. The summed E-state index contributed by atoms with van der Waals surface area (Å²) in [7, 11) is 0. The number of guanidine groups is 1. The van der Waals surface area contributed by atoms with Crippen LogP contribution in [0, 0.1) is 5.92 Å². The first kappa shape index (κ1) is 21.4. The van der Waals surface area contributed by atoms with Crippen LogP contribution in [0.2, 0.25) is 0 Å². The molecule has 3 rings (SSSR count). The maximum atomic E-state index is 12.3. The topological polar surface area (TPSA) is 78.0 Å². The molecule has 3 N–H and O–H groups in total. The lowest BCUT2D eigenvalue weighted by Crippen LogP contribution is -2.38. The third-order valence-corrected chi connectivity index (χ3v) is 5.14. The van der Waals surface area contributed by atoms with Crippen molar-refractivity contribution in [2.75, 3.05) is 44.7 Å². The Bertz CT molecular complexity index is 669. The molecule has 1 saturated heterocycles. The van der Waals surface area contributed by atoms with Crippen molar-refractivity contribution in [1.82, 2.24) is 15.5 Å². The van der Waals surface area contributed by atoms with Gasteiger partial charge in [0.15, 0.2) is 5.96 Å². The number of benzene rings is 1. The average molecular weight is 402 g/mol. The van der Waals surface area contributed by atoms with E-state index >= 15 is 0 Å². The van der Waals surface area contributed by atoms with Crippen LogP contribution >= 0.6 is 0 Å². The number of ether oxygens (including phenoxy) is 1. The number of nitrogens with zero attached hydrogens (tertiary/aromatic N) is 2. The Morgan fingerprint density at radius 2 is 2.07 bits per heavy atom. The zero-order valence-electron chi connectivity index (χ0n) is 17.6. The zero-order chi connectivity index (χ0) is 20.3. The van der Waals surface area contributed by atoms with Gasteiger partial charge in [0.2, 0.25) is 0 Å². The summed E-state index contributed by atoms with van der Waals surface area (Å²) in [6.45, 7) is 7.67. The normalized spacial score (nSPS) is 16.7. The number of rotatable bonds is 10. The molecule has 0 unspecified atom stereocenters. The van der Waals surface area contributed by atoms with E-state index in [1.54, 1.807) is 0 Å². The smallest absolute Gasteiger partial charge is 0.321 e. The average Bonchev–Trinajstić information content (AvgIpc) is 3.38. The number of anilines is 1. The minimum atomic E-state index is -0.0120. The van der Waals surface area contributed by atoms with E-state index < -0.39 is 0 Å². The van der Waals surface area contributed by atoms with Crippen LogP contribution in [0.15, 0.2) is 29.3 Å². The number of hydrogen-bond acceptors (Lipinski definition) is 3. The highest BCUT2D eigenvalue weighted by Gasteiger charge is 2.20.